The molecule has 0 unspecified atom stereocenters. The highest BCUT2D eigenvalue weighted by atomic mass is 35.5. The first-order chi connectivity index (χ1) is 9.42. The standard InChI is InChI=1S/C13H17ClO5S2/c1-5-9-6-12(21(18,19)8(2)3)11(20(4,16)17)7-10(9)13(14)15/h6-8H,5H2,1-4H3. The van der Waals surface area contributed by atoms with Gasteiger partial charge in [-0.2, -0.15) is 0 Å². The second-order valence-electron chi connectivity index (χ2n) is 4.95. The van der Waals surface area contributed by atoms with Crippen LogP contribution in [0.5, 0.6) is 0 Å². The molecule has 0 aromatic heterocycles. The van der Waals surface area contributed by atoms with Gasteiger partial charge in [-0.15, -0.1) is 0 Å². The number of carbonyl (C=O) groups excluding carboxylic acids is 1. The van der Waals surface area contributed by atoms with E-state index in [1.165, 1.54) is 19.9 Å². The molecular weight excluding hydrogens is 336 g/mol. The maximum Gasteiger partial charge on any atom is 0.252 e. The quantitative estimate of drug-likeness (QED) is 0.758. The van der Waals surface area contributed by atoms with E-state index in [0.29, 0.717) is 12.0 Å². The van der Waals surface area contributed by atoms with Gasteiger partial charge in [-0.25, -0.2) is 16.8 Å². The Kier molecular flexibility index (Phi) is 5.23. The van der Waals surface area contributed by atoms with Crippen molar-refractivity contribution in [1.29, 1.82) is 0 Å². The van der Waals surface area contributed by atoms with Crippen molar-refractivity contribution in [2.75, 3.05) is 6.26 Å². The van der Waals surface area contributed by atoms with Gasteiger partial charge in [-0.3, -0.25) is 4.79 Å². The molecular formula is C13H17ClO5S2. The molecule has 0 spiro atoms. The normalized spacial score (nSPS) is 12.7. The van der Waals surface area contributed by atoms with Crippen molar-refractivity contribution in [3.63, 3.8) is 0 Å². The van der Waals surface area contributed by atoms with Gasteiger partial charge in [0.05, 0.1) is 15.0 Å². The summed E-state index contributed by atoms with van der Waals surface area (Å²) < 4.78 is 48.5. The Morgan fingerprint density at radius 2 is 1.67 bits per heavy atom. The minimum absolute atomic E-state index is 0.0160. The number of carbonyl (C=O) groups is 1. The van der Waals surface area contributed by atoms with Gasteiger partial charge in [-0.05, 0) is 49.6 Å². The monoisotopic (exact) mass is 352 g/mol. The summed E-state index contributed by atoms with van der Waals surface area (Å²) in [7, 11) is -7.62. The van der Waals surface area contributed by atoms with Crippen molar-refractivity contribution in [3.05, 3.63) is 23.3 Å². The van der Waals surface area contributed by atoms with Gasteiger partial charge in [0.25, 0.3) is 5.24 Å². The Balaban J connectivity index is 3.92. The molecule has 0 atom stereocenters. The number of halogens is 1. The van der Waals surface area contributed by atoms with Crippen LogP contribution in [0.2, 0.25) is 0 Å². The lowest BCUT2D eigenvalue weighted by Gasteiger charge is -2.15. The van der Waals surface area contributed by atoms with Crippen LogP contribution in [0.1, 0.15) is 36.7 Å². The van der Waals surface area contributed by atoms with Crippen molar-refractivity contribution in [2.24, 2.45) is 0 Å². The zero-order valence-electron chi connectivity index (χ0n) is 12.2. The fourth-order valence-corrected chi connectivity index (χ4v) is 4.73. The topological polar surface area (TPSA) is 85.3 Å². The van der Waals surface area contributed by atoms with E-state index in [4.69, 9.17) is 11.6 Å². The van der Waals surface area contributed by atoms with Crippen LogP contribution in [0.15, 0.2) is 21.9 Å². The Morgan fingerprint density at radius 1 is 1.14 bits per heavy atom. The number of hydrogen-bond donors (Lipinski definition) is 0. The maximum atomic E-state index is 12.4. The molecule has 0 N–H and O–H groups in total. The first kappa shape index (κ1) is 18.1. The van der Waals surface area contributed by atoms with Gasteiger partial charge >= 0.3 is 0 Å². The number of aryl methyl sites for hydroxylation is 1. The molecule has 8 heteroatoms. The molecule has 0 bridgehead atoms. The van der Waals surface area contributed by atoms with Crippen molar-refractivity contribution < 1.29 is 21.6 Å². The van der Waals surface area contributed by atoms with Crippen LogP contribution in [-0.2, 0) is 26.1 Å². The SMILES string of the molecule is CCc1cc(S(=O)(=O)C(C)C)c(S(C)(=O)=O)cc1C(=O)Cl. The molecule has 0 aliphatic rings. The van der Waals surface area contributed by atoms with Crippen LogP contribution in [0.3, 0.4) is 0 Å². The predicted molar refractivity (Wildman–Crippen MR) is 81.4 cm³/mol. The third-order valence-corrected chi connectivity index (χ3v) is 6.75. The summed E-state index contributed by atoms with van der Waals surface area (Å²) in [4.78, 5) is 10.7. The second-order valence-corrected chi connectivity index (χ2v) is 9.75. The molecule has 5 nitrogen and oxygen atoms in total. The molecule has 0 fully saturated rings. The van der Waals surface area contributed by atoms with Gasteiger partial charge in [0.15, 0.2) is 19.7 Å². The summed E-state index contributed by atoms with van der Waals surface area (Å²) in [5, 5.41) is -1.59. The Bertz CT molecular complexity index is 777. The molecule has 1 aromatic rings. The van der Waals surface area contributed by atoms with E-state index >= 15 is 0 Å². The fraction of sp³-hybridized carbons (Fsp3) is 0.462. The smallest absolute Gasteiger partial charge is 0.252 e. The van der Waals surface area contributed by atoms with Crippen molar-refractivity contribution in [1.82, 2.24) is 0 Å². The lowest BCUT2D eigenvalue weighted by Crippen LogP contribution is -2.19. The first-order valence-electron chi connectivity index (χ1n) is 6.23. The van der Waals surface area contributed by atoms with Gasteiger partial charge < -0.3 is 0 Å². The number of sulfone groups is 2. The minimum Gasteiger partial charge on any atom is -0.276 e. The summed E-state index contributed by atoms with van der Waals surface area (Å²) in [6, 6.07) is 2.29. The lowest BCUT2D eigenvalue weighted by molar-refractivity contribution is 0.108. The average Bonchev–Trinajstić information content (AvgIpc) is 2.35. The maximum absolute atomic E-state index is 12.4. The lowest BCUT2D eigenvalue weighted by atomic mass is 10.1. The van der Waals surface area contributed by atoms with Gasteiger partial charge in [0.1, 0.15) is 0 Å². The second kappa shape index (κ2) is 6.06. The summed E-state index contributed by atoms with van der Waals surface area (Å²) >= 11 is 5.46. The van der Waals surface area contributed by atoms with Crippen molar-refractivity contribution in [2.45, 2.75) is 42.2 Å². The highest BCUT2D eigenvalue weighted by Gasteiger charge is 2.29. The minimum atomic E-state index is -3.82. The summed E-state index contributed by atoms with van der Waals surface area (Å²) in [6.07, 6.45) is 1.26. The van der Waals surface area contributed by atoms with Crippen LogP contribution >= 0.6 is 11.6 Å². The molecule has 0 aliphatic carbocycles. The predicted octanol–water partition coefficient (Wildman–Crippen LogP) is 2.21. The Morgan fingerprint density at radius 3 is 2.00 bits per heavy atom. The molecule has 21 heavy (non-hydrogen) atoms. The third-order valence-electron chi connectivity index (χ3n) is 3.09. The van der Waals surface area contributed by atoms with Gasteiger partial charge in [0.2, 0.25) is 0 Å². The van der Waals surface area contributed by atoms with Crippen LogP contribution in [0, 0.1) is 0 Å². The van der Waals surface area contributed by atoms with Crippen molar-refractivity contribution in [3.8, 4) is 0 Å². The number of hydrogen-bond acceptors (Lipinski definition) is 5. The molecule has 0 aliphatic heterocycles. The average molecular weight is 353 g/mol. The molecule has 0 amide bonds. The van der Waals surface area contributed by atoms with Crippen LogP contribution < -0.4 is 0 Å². The fourth-order valence-electron chi connectivity index (χ4n) is 1.84. The van der Waals surface area contributed by atoms with E-state index in [1.807, 2.05) is 0 Å². The first-order valence-corrected chi connectivity index (χ1v) is 10.0. The van der Waals surface area contributed by atoms with E-state index < -0.39 is 35.1 Å². The highest BCUT2D eigenvalue weighted by Crippen LogP contribution is 2.29. The van der Waals surface area contributed by atoms with E-state index in [1.54, 1.807) is 6.92 Å². The molecule has 0 saturated carbocycles. The highest BCUT2D eigenvalue weighted by molar-refractivity contribution is 7.94. The van der Waals surface area contributed by atoms with E-state index in [9.17, 15) is 21.6 Å². The third kappa shape index (κ3) is 3.64. The van der Waals surface area contributed by atoms with E-state index in [2.05, 4.69) is 0 Å². The molecule has 0 heterocycles. The van der Waals surface area contributed by atoms with Gasteiger partial charge in [0, 0.05) is 11.8 Å². The van der Waals surface area contributed by atoms with Crippen LogP contribution in [-0.4, -0.2) is 33.6 Å². The molecule has 118 valence electrons. The Labute approximate surface area is 130 Å². The number of benzene rings is 1. The molecule has 1 rings (SSSR count). The Hall–Kier alpha value is -0.920. The van der Waals surface area contributed by atoms with E-state index in [-0.39, 0.29) is 10.5 Å². The number of rotatable bonds is 5. The summed E-state index contributed by atoms with van der Waals surface area (Å²) in [5.41, 5.74) is 0.420. The molecule has 1 aromatic carbocycles. The zero-order chi connectivity index (χ0) is 16.6. The van der Waals surface area contributed by atoms with E-state index in [0.717, 1.165) is 12.3 Å². The molecule has 0 radical (unpaired) electrons. The molecule has 0 saturated heterocycles. The summed E-state index contributed by atoms with van der Waals surface area (Å²) in [5.74, 6) is 0. The van der Waals surface area contributed by atoms with Crippen molar-refractivity contribution >= 4 is 36.5 Å². The van der Waals surface area contributed by atoms with Crippen LogP contribution in [0.25, 0.3) is 0 Å². The zero-order valence-corrected chi connectivity index (χ0v) is 14.6. The van der Waals surface area contributed by atoms with Crippen LogP contribution in [0.4, 0.5) is 0 Å². The van der Waals surface area contributed by atoms with Gasteiger partial charge in [-0.1, -0.05) is 6.92 Å². The summed E-state index contributed by atoms with van der Waals surface area (Å²) in [6.45, 7) is 4.66. The largest absolute Gasteiger partial charge is 0.276 e.